The molecule has 2 atom stereocenters. The van der Waals surface area contributed by atoms with Crippen LogP contribution in [0.25, 0.3) is 22.3 Å². The molecular formula is C25H21F2N3O7. The molecule has 0 radical (unpaired) electrons. The maximum Gasteiger partial charge on any atom is 0.343 e. The number of aromatic nitrogens is 2. The molecule has 0 spiro atoms. The number of rotatable bonds is 4. The van der Waals surface area contributed by atoms with Crippen molar-refractivity contribution in [3.05, 3.63) is 50.8 Å². The zero-order valence-corrected chi connectivity index (χ0v) is 19.8. The number of pyridine rings is 2. The fourth-order valence-electron chi connectivity index (χ4n) is 5.27. The lowest BCUT2D eigenvalue weighted by Crippen LogP contribution is -2.44. The molecule has 1 amide bonds. The Kier molecular flexibility index (Phi) is 5.03. The molecule has 3 aliphatic rings. The molecule has 3 aliphatic heterocycles. The molecule has 192 valence electrons. The Bertz CT molecular complexity index is 1590. The Balaban J connectivity index is 1.60. The first-order chi connectivity index (χ1) is 17.7. The third-order valence-corrected chi connectivity index (χ3v) is 7.22. The van der Waals surface area contributed by atoms with Crippen LogP contribution in [-0.2, 0) is 33.1 Å². The lowest BCUT2D eigenvalue weighted by atomic mass is 9.86. The highest BCUT2D eigenvalue weighted by Gasteiger charge is 2.45. The van der Waals surface area contributed by atoms with Gasteiger partial charge in [0.05, 0.1) is 40.4 Å². The van der Waals surface area contributed by atoms with Crippen molar-refractivity contribution in [3.63, 3.8) is 0 Å². The van der Waals surface area contributed by atoms with Crippen molar-refractivity contribution in [1.29, 1.82) is 0 Å². The van der Waals surface area contributed by atoms with Gasteiger partial charge in [0.25, 0.3) is 11.5 Å². The van der Waals surface area contributed by atoms with E-state index in [1.165, 1.54) is 4.57 Å². The number of nitrogens with one attached hydrogen (secondary N) is 1. The summed E-state index contributed by atoms with van der Waals surface area (Å²) in [4.78, 5) is 42.4. The zero-order chi connectivity index (χ0) is 26.2. The number of benzene rings is 1. The van der Waals surface area contributed by atoms with Crippen LogP contribution in [0, 0.1) is 0 Å². The molecule has 0 aliphatic carbocycles. The second-order valence-corrected chi connectivity index (χ2v) is 9.19. The number of amides is 1. The zero-order valence-electron chi connectivity index (χ0n) is 19.8. The van der Waals surface area contributed by atoms with Crippen molar-refractivity contribution in [1.82, 2.24) is 14.9 Å². The minimum absolute atomic E-state index is 0.000288. The van der Waals surface area contributed by atoms with Gasteiger partial charge in [-0.15, -0.1) is 0 Å². The summed E-state index contributed by atoms with van der Waals surface area (Å²) < 4.78 is 43.8. The van der Waals surface area contributed by atoms with E-state index in [2.05, 4.69) is 5.32 Å². The van der Waals surface area contributed by atoms with Gasteiger partial charge in [-0.05, 0) is 25.5 Å². The highest BCUT2D eigenvalue weighted by molar-refractivity contribution is 5.98. The molecule has 12 heteroatoms. The van der Waals surface area contributed by atoms with Crippen LogP contribution in [0.4, 0.5) is 8.78 Å². The van der Waals surface area contributed by atoms with E-state index in [4.69, 9.17) is 19.2 Å². The van der Waals surface area contributed by atoms with Gasteiger partial charge in [0.1, 0.15) is 18.1 Å². The summed E-state index contributed by atoms with van der Waals surface area (Å²) in [5, 5.41) is 13.9. The SMILES string of the molecule is CC[C@@]1(O)C(=O)OCc2c1cc1n(c2=O)Cc2c-1nc1c(C(C)NC(=O)C(F)F)ccc3c1c2OCO3. The van der Waals surface area contributed by atoms with E-state index < -0.39 is 35.5 Å². The van der Waals surface area contributed by atoms with Crippen LogP contribution in [0.15, 0.2) is 23.0 Å². The number of hydrogen-bond donors (Lipinski definition) is 2. The number of aliphatic hydroxyl groups is 1. The van der Waals surface area contributed by atoms with Gasteiger partial charge < -0.3 is 29.2 Å². The molecule has 1 unspecified atom stereocenters. The Morgan fingerprint density at radius 2 is 2.03 bits per heavy atom. The van der Waals surface area contributed by atoms with Crippen LogP contribution in [0.1, 0.15) is 48.6 Å². The number of cyclic esters (lactones) is 1. The molecule has 0 fully saturated rings. The van der Waals surface area contributed by atoms with E-state index in [1.807, 2.05) is 0 Å². The summed E-state index contributed by atoms with van der Waals surface area (Å²) in [5.74, 6) is -1.36. The van der Waals surface area contributed by atoms with Gasteiger partial charge in [0, 0.05) is 16.7 Å². The molecule has 5 heterocycles. The Morgan fingerprint density at radius 3 is 2.76 bits per heavy atom. The third kappa shape index (κ3) is 3.18. The van der Waals surface area contributed by atoms with Crippen LogP contribution in [0.5, 0.6) is 11.5 Å². The van der Waals surface area contributed by atoms with Crippen molar-refractivity contribution < 1.29 is 37.7 Å². The maximum atomic E-state index is 13.5. The van der Waals surface area contributed by atoms with Gasteiger partial charge in [-0.25, -0.2) is 9.78 Å². The van der Waals surface area contributed by atoms with Crippen LogP contribution in [0.2, 0.25) is 0 Å². The van der Waals surface area contributed by atoms with Crippen LogP contribution in [-0.4, -0.2) is 39.8 Å². The van der Waals surface area contributed by atoms with E-state index in [0.29, 0.717) is 44.9 Å². The first-order valence-electron chi connectivity index (χ1n) is 11.7. The number of esters is 1. The fraction of sp³-hybridized carbons (Fsp3) is 0.360. The average molecular weight is 513 g/mol. The molecule has 2 N–H and O–H groups in total. The number of alkyl halides is 2. The number of hydrogen-bond acceptors (Lipinski definition) is 8. The van der Waals surface area contributed by atoms with Gasteiger partial charge in [0.2, 0.25) is 6.79 Å². The van der Waals surface area contributed by atoms with Crippen molar-refractivity contribution in [3.8, 4) is 22.9 Å². The van der Waals surface area contributed by atoms with Gasteiger partial charge >= 0.3 is 12.4 Å². The molecule has 0 saturated carbocycles. The molecule has 0 saturated heterocycles. The summed E-state index contributed by atoms with van der Waals surface area (Å²) in [6, 6.07) is 4.02. The quantitative estimate of drug-likeness (QED) is 0.398. The maximum absolute atomic E-state index is 13.5. The average Bonchev–Trinajstić information content (AvgIpc) is 3.26. The number of nitrogens with zero attached hydrogens (tertiary/aromatic N) is 2. The number of carbonyl (C=O) groups excluding carboxylic acids is 2. The van der Waals surface area contributed by atoms with Gasteiger partial charge in [-0.3, -0.25) is 9.59 Å². The second-order valence-electron chi connectivity index (χ2n) is 9.19. The van der Waals surface area contributed by atoms with Crippen LogP contribution in [0.3, 0.4) is 0 Å². The van der Waals surface area contributed by atoms with Gasteiger partial charge in [0.15, 0.2) is 5.60 Å². The van der Waals surface area contributed by atoms with E-state index in [-0.39, 0.29) is 37.5 Å². The molecule has 1 aromatic carbocycles. The summed E-state index contributed by atoms with van der Waals surface area (Å²) in [6.45, 7) is 2.94. The molecule has 37 heavy (non-hydrogen) atoms. The van der Waals surface area contributed by atoms with E-state index in [9.17, 15) is 28.3 Å². The molecule has 2 aromatic heterocycles. The molecule has 10 nitrogen and oxygen atoms in total. The van der Waals surface area contributed by atoms with Crippen LogP contribution >= 0.6 is 0 Å². The number of fused-ring (bicyclic) bond motifs is 5. The third-order valence-electron chi connectivity index (χ3n) is 7.22. The van der Waals surface area contributed by atoms with Crippen molar-refractivity contribution in [2.24, 2.45) is 0 Å². The summed E-state index contributed by atoms with van der Waals surface area (Å²) in [7, 11) is 0. The van der Waals surface area contributed by atoms with Gasteiger partial charge in [-0.1, -0.05) is 13.0 Å². The minimum atomic E-state index is -3.18. The monoisotopic (exact) mass is 513 g/mol. The number of halogens is 2. The molecule has 6 rings (SSSR count). The van der Waals surface area contributed by atoms with Crippen molar-refractivity contribution in [2.45, 2.75) is 51.5 Å². The largest absolute Gasteiger partial charge is 0.458 e. The number of ether oxygens (including phenoxy) is 3. The summed E-state index contributed by atoms with van der Waals surface area (Å²) in [5.41, 5.74) is 0.0925. The smallest absolute Gasteiger partial charge is 0.343 e. The first-order valence-corrected chi connectivity index (χ1v) is 11.7. The highest BCUT2D eigenvalue weighted by atomic mass is 19.3. The van der Waals surface area contributed by atoms with E-state index >= 15 is 0 Å². The second kappa shape index (κ2) is 7.97. The predicted octanol–water partition coefficient (Wildman–Crippen LogP) is 2.25. The number of carbonyl (C=O) groups is 2. The lowest BCUT2D eigenvalue weighted by molar-refractivity contribution is -0.172. The summed E-state index contributed by atoms with van der Waals surface area (Å²) >= 11 is 0. The van der Waals surface area contributed by atoms with Crippen LogP contribution < -0.4 is 20.3 Å². The molecule has 3 aromatic rings. The lowest BCUT2D eigenvalue weighted by Gasteiger charge is -2.31. The topological polar surface area (TPSA) is 129 Å². The van der Waals surface area contributed by atoms with Crippen molar-refractivity contribution in [2.75, 3.05) is 6.79 Å². The first kappa shape index (κ1) is 23.3. The molecule has 0 bridgehead atoms. The van der Waals surface area contributed by atoms with E-state index in [0.717, 1.165) is 0 Å². The Hall–Kier alpha value is -4.06. The standard InChI is InChI=1S/C25H21F2N3O7/c1-3-25(34)14-6-15-18-12(7-30(15)23(32)13(14)8-35-24(25)33)20-17-16(36-9-37-20)5-4-11(19(17)29-18)10(2)28-22(31)21(26)27/h4-6,10,21,34H,3,7-9H2,1-2H3,(H,28,31)/t10?,25-/m0/s1. The van der Waals surface area contributed by atoms with Crippen molar-refractivity contribution >= 4 is 22.8 Å². The van der Waals surface area contributed by atoms with Gasteiger partial charge in [-0.2, -0.15) is 8.78 Å². The fourth-order valence-corrected chi connectivity index (χ4v) is 5.27. The Morgan fingerprint density at radius 1 is 1.24 bits per heavy atom. The van der Waals surface area contributed by atoms with E-state index in [1.54, 1.807) is 32.0 Å². The highest BCUT2D eigenvalue weighted by Crippen LogP contribution is 2.47. The predicted molar refractivity (Wildman–Crippen MR) is 123 cm³/mol. The Labute approximate surface area is 207 Å². The minimum Gasteiger partial charge on any atom is -0.458 e. The molecular weight excluding hydrogens is 492 g/mol. The normalized spacial score (nSPS) is 19.9. The summed E-state index contributed by atoms with van der Waals surface area (Å²) in [6.07, 6.45) is -3.18.